The first kappa shape index (κ1) is 28.2. The highest BCUT2D eigenvalue weighted by molar-refractivity contribution is 8.01. The summed E-state index contributed by atoms with van der Waals surface area (Å²) in [6.07, 6.45) is 0.835. The lowest BCUT2D eigenvalue weighted by Gasteiger charge is -2.26. The van der Waals surface area contributed by atoms with E-state index in [0.717, 1.165) is 44.1 Å². The molecule has 0 spiro atoms. The van der Waals surface area contributed by atoms with Crippen LogP contribution >= 0.6 is 46.3 Å². The molecule has 12 heteroatoms. The van der Waals surface area contributed by atoms with Gasteiger partial charge in [0, 0.05) is 46.5 Å². The monoisotopic (exact) mass is 584 g/mol. The minimum Gasteiger partial charge on any atom is -0.379 e. The van der Waals surface area contributed by atoms with Crippen molar-refractivity contribution < 1.29 is 19.1 Å². The number of thiophene rings is 1. The number of morpholine rings is 1. The Morgan fingerprint density at radius 3 is 2.65 bits per heavy atom. The van der Waals surface area contributed by atoms with Crippen LogP contribution in [0.2, 0.25) is 10.0 Å². The topological polar surface area (TPSA) is 91.0 Å². The van der Waals surface area contributed by atoms with E-state index in [4.69, 9.17) is 27.9 Å². The number of hydrogen-bond donors (Lipinski definition) is 2. The number of nitrogens with one attached hydrogen (secondary N) is 2. The number of rotatable bonds is 11. The molecule has 1 aromatic heterocycles. The quantitative estimate of drug-likeness (QED) is 0.393. The summed E-state index contributed by atoms with van der Waals surface area (Å²) < 4.78 is 5.36. The van der Waals surface area contributed by atoms with Crippen LogP contribution in [0.1, 0.15) is 28.7 Å². The van der Waals surface area contributed by atoms with Crippen LogP contribution in [0.15, 0.2) is 35.7 Å². The van der Waals surface area contributed by atoms with Crippen molar-refractivity contribution in [3.8, 4) is 0 Å². The van der Waals surface area contributed by atoms with Crippen LogP contribution in [0, 0.1) is 0 Å². The molecule has 2 atom stereocenters. The van der Waals surface area contributed by atoms with Gasteiger partial charge in [-0.2, -0.15) is 0 Å². The first-order valence-corrected chi connectivity index (χ1v) is 14.8. The molecule has 0 aliphatic carbocycles. The van der Waals surface area contributed by atoms with Crippen LogP contribution in [0.5, 0.6) is 0 Å². The number of benzene rings is 1. The number of carbonyl (C=O) groups is 3. The van der Waals surface area contributed by atoms with Gasteiger partial charge in [-0.3, -0.25) is 19.3 Å². The first-order valence-electron chi connectivity index (χ1n) is 12.2. The molecule has 2 aliphatic heterocycles. The van der Waals surface area contributed by atoms with Gasteiger partial charge < -0.3 is 20.3 Å². The smallest absolute Gasteiger partial charge is 0.239 e. The average molecular weight is 586 g/mol. The predicted octanol–water partition coefficient (Wildman–Crippen LogP) is 3.54. The molecule has 0 radical (unpaired) electrons. The summed E-state index contributed by atoms with van der Waals surface area (Å²) in [6.45, 7) is 5.00. The average Bonchev–Trinajstić information content (AvgIpc) is 3.50. The number of ether oxygens (including phenoxy) is 1. The summed E-state index contributed by atoms with van der Waals surface area (Å²) in [4.78, 5) is 43.6. The Morgan fingerprint density at radius 2 is 1.92 bits per heavy atom. The van der Waals surface area contributed by atoms with Crippen molar-refractivity contribution >= 4 is 64.0 Å². The summed E-state index contributed by atoms with van der Waals surface area (Å²) in [5.41, 5.74) is 0.686. The van der Waals surface area contributed by atoms with Crippen molar-refractivity contribution in [3.05, 3.63) is 56.2 Å². The van der Waals surface area contributed by atoms with E-state index in [2.05, 4.69) is 15.5 Å². The molecule has 0 bridgehead atoms. The maximum Gasteiger partial charge on any atom is 0.239 e. The second-order valence-corrected chi connectivity index (χ2v) is 12.0. The Labute approximate surface area is 235 Å². The molecular formula is C25H30Cl2N4O4S2. The Bertz CT molecular complexity index is 1080. The number of thioether (sulfide) groups is 1. The molecule has 2 saturated heterocycles. The third-order valence-corrected chi connectivity index (χ3v) is 9.07. The largest absolute Gasteiger partial charge is 0.379 e. The summed E-state index contributed by atoms with van der Waals surface area (Å²) in [5.74, 6) is -0.709. The molecular weight excluding hydrogens is 555 g/mol. The maximum atomic E-state index is 13.4. The van der Waals surface area contributed by atoms with Gasteiger partial charge in [-0.05, 0) is 36.5 Å². The fourth-order valence-electron chi connectivity index (χ4n) is 4.23. The number of carbonyl (C=O) groups excluding carboxylic acids is 3. The zero-order valence-corrected chi connectivity index (χ0v) is 23.4. The number of amides is 3. The maximum absolute atomic E-state index is 13.4. The molecule has 0 unspecified atom stereocenters. The van der Waals surface area contributed by atoms with E-state index in [1.165, 1.54) is 16.7 Å². The second kappa shape index (κ2) is 13.8. The van der Waals surface area contributed by atoms with E-state index < -0.39 is 10.6 Å². The van der Waals surface area contributed by atoms with E-state index in [-0.39, 0.29) is 30.7 Å². The molecule has 2 aromatic rings. The van der Waals surface area contributed by atoms with Gasteiger partial charge in [-0.15, -0.1) is 23.1 Å². The SMILES string of the molecule is O=C(C[C@H]1S[C@H](c2ccc(Cl)cc2Cl)N(CC(=O)NCCCN2CCOCC2)C1=O)NCc1cccs1. The molecule has 8 nitrogen and oxygen atoms in total. The molecule has 2 aliphatic rings. The van der Waals surface area contributed by atoms with Crippen molar-refractivity contribution in [1.82, 2.24) is 20.4 Å². The lowest BCUT2D eigenvalue weighted by Crippen LogP contribution is -2.42. The van der Waals surface area contributed by atoms with Gasteiger partial charge in [0.2, 0.25) is 17.7 Å². The van der Waals surface area contributed by atoms with E-state index >= 15 is 0 Å². The molecule has 2 fully saturated rings. The summed E-state index contributed by atoms with van der Waals surface area (Å²) in [5, 5.41) is 7.54. The van der Waals surface area contributed by atoms with Gasteiger partial charge in [0.05, 0.1) is 25.0 Å². The first-order chi connectivity index (χ1) is 17.9. The molecule has 37 heavy (non-hydrogen) atoms. The zero-order chi connectivity index (χ0) is 26.2. The van der Waals surface area contributed by atoms with E-state index in [1.54, 1.807) is 29.5 Å². The van der Waals surface area contributed by atoms with Gasteiger partial charge in [0.15, 0.2) is 0 Å². The van der Waals surface area contributed by atoms with Gasteiger partial charge >= 0.3 is 0 Å². The molecule has 1 aromatic carbocycles. The highest BCUT2D eigenvalue weighted by Crippen LogP contribution is 2.46. The Morgan fingerprint density at radius 1 is 1.11 bits per heavy atom. The molecule has 4 rings (SSSR count). The molecule has 0 saturated carbocycles. The predicted molar refractivity (Wildman–Crippen MR) is 148 cm³/mol. The van der Waals surface area contributed by atoms with E-state index in [1.807, 2.05) is 17.5 Å². The van der Waals surface area contributed by atoms with Crippen molar-refractivity contribution in [3.63, 3.8) is 0 Å². The second-order valence-electron chi connectivity index (χ2n) is 8.83. The standard InChI is InChI=1S/C25H30Cl2N4O4S2/c26-17-4-5-19(20(27)13-17)25-31(16-23(33)28-6-2-7-30-8-10-35-11-9-30)24(34)21(37-25)14-22(32)29-15-18-3-1-12-36-18/h1,3-5,12-13,21,25H,2,6-11,14-16H2,(H,28,33)(H,29,32)/t21-,25-/m1/s1. The Kier molecular flexibility index (Phi) is 10.5. The number of hydrogen-bond acceptors (Lipinski definition) is 7. The van der Waals surface area contributed by atoms with Crippen molar-refractivity contribution in [2.45, 2.75) is 30.0 Å². The van der Waals surface area contributed by atoms with E-state index in [9.17, 15) is 14.4 Å². The van der Waals surface area contributed by atoms with Gasteiger partial charge in [0.25, 0.3) is 0 Å². The lowest BCUT2D eigenvalue weighted by molar-refractivity contribution is -0.136. The van der Waals surface area contributed by atoms with Crippen LogP contribution in [0.25, 0.3) is 0 Å². The number of nitrogens with zero attached hydrogens (tertiary/aromatic N) is 2. The zero-order valence-electron chi connectivity index (χ0n) is 20.3. The minimum absolute atomic E-state index is 0.0221. The third kappa shape index (κ3) is 8.08. The highest BCUT2D eigenvalue weighted by Gasteiger charge is 2.43. The fraction of sp³-hybridized carbons (Fsp3) is 0.480. The van der Waals surface area contributed by atoms with E-state index in [0.29, 0.717) is 28.7 Å². The van der Waals surface area contributed by atoms with Crippen LogP contribution in [0.3, 0.4) is 0 Å². The molecule has 3 heterocycles. The molecule has 200 valence electrons. The fourth-order valence-corrected chi connectivity index (χ4v) is 6.94. The van der Waals surface area contributed by atoms with Gasteiger partial charge in [-0.25, -0.2) is 0 Å². The Balaban J connectivity index is 1.36. The van der Waals surface area contributed by atoms with Crippen LogP contribution in [0.4, 0.5) is 0 Å². The number of halogens is 2. The summed E-state index contributed by atoms with van der Waals surface area (Å²) in [7, 11) is 0. The third-order valence-electron chi connectivity index (χ3n) is 6.16. The summed E-state index contributed by atoms with van der Waals surface area (Å²) in [6, 6.07) is 8.96. The van der Waals surface area contributed by atoms with Crippen LogP contribution < -0.4 is 10.6 Å². The van der Waals surface area contributed by atoms with Crippen LogP contribution in [-0.4, -0.2) is 78.7 Å². The normalized spacial score (nSPS) is 20.3. The lowest BCUT2D eigenvalue weighted by atomic mass is 10.2. The van der Waals surface area contributed by atoms with Crippen LogP contribution in [-0.2, 0) is 25.7 Å². The van der Waals surface area contributed by atoms with Crippen molar-refractivity contribution in [2.75, 3.05) is 45.9 Å². The summed E-state index contributed by atoms with van der Waals surface area (Å²) >= 11 is 15.4. The molecule has 3 amide bonds. The van der Waals surface area contributed by atoms with Crippen molar-refractivity contribution in [2.24, 2.45) is 0 Å². The van der Waals surface area contributed by atoms with Gasteiger partial charge in [0.1, 0.15) is 11.9 Å². The van der Waals surface area contributed by atoms with Gasteiger partial charge in [-0.1, -0.05) is 35.3 Å². The molecule has 2 N–H and O–H groups in total. The Hall–Kier alpha value is -1.82. The highest BCUT2D eigenvalue weighted by atomic mass is 35.5. The van der Waals surface area contributed by atoms with Crippen molar-refractivity contribution in [1.29, 1.82) is 0 Å². The minimum atomic E-state index is -0.616.